The molecule has 2 N–H and O–H groups in total. The Hall–Kier alpha value is -1.97. The van der Waals surface area contributed by atoms with Gasteiger partial charge in [0.15, 0.2) is 6.61 Å². The molecule has 4 saturated carbocycles. The van der Waals surface area contributed by atoms with Crippen LogP contribution >= 0.6 is 0 Å². The molecule has 1 amide bonds. The lowest BCUT2D eigenvalue weighted by Gasteiger charge is -2.60. The van der Waals surface area contributed by atoms with Gasteiger partial charge < -0.3 is 15.2 Å². The first kappa shape index (κ1) is 24.2. The highest BCUT2D eigenvalue weighted by Crippen LogP contribution is 2.62. The molecule has 0 spiro atoms. The van der Waals surface area contributed by atoms with Crippen molar-refractivity contribution < 1.29 is 27.9 Å². The van der Waals surface area contributed by atoms with Gasteiger partial charge >= 0.3 is 5.97 Å². The predicted octanol–water partition coefficient (Wildman–Crippen LogP) is 2.92. The molecule has 2 atom stereocenters. The fourth-order valence-electron chi connectivity index (χ4n) is 6.76. The normalized spacial score (nSPS) is 30.4. The van der Waals surface area contributed by atoms with Crippen LogP contribution in [0.25, 0.3) is 0 Å². The van der Waals surface area contributed by atoms with Crippen molar-refractivity contribution in [3.8, 4) is 0 Å². The highest BCUT2D eigenvalue weighted by atomic mass is 32.2. The topological polar surface area (TPSA) is 113 Å². The molecule has 4 fully saturated rings. The molecular formula is C24H34N2O6S. The van der Waals surface area contributed by atoms with E-state index in [-0.39, 0.29) is 16.7 Å². The standard InChI is InChI=1S/C24H34N2O6S/c1-3-26(4-2)33(30,31)20-7-5-6-19(9-20)25-21(27)15-32-22(28)14-23-10-17-8-18(11-23)13-24(29,12-17)16-23/h5-7,9,17-18,29H,3-4,8,10-16H2,1-2H3,(H,25,27). The summed E-state index contributed by atoms with van der Waals surface area (Å²) in [5, 5.41) is 13.5. The second-order valence-electron chi connectivity index (χ2n) is 10.2. The zero-order valence-corrected chi connectivity index (χ0v) is 20.2. The Kier molecular flexibility index (Phi) is 6.59. The van der Waals surface area contributed by atoms with Gasteiger partial charge in [0.05, 0.1) is 16.9 Å². The Bertz CT molecular complexity index is 1010. The van der Waals surface area contributed by atoms with Crippen molar-refractivity contribution >= 4 is 27.6 Å². The number of amides is 1. The van der Waals surface area contributed by atoms with Gasteiger partial charge in [0.25, 0.3) is 5.91 Å². The molecule has 0 heterocycles. The summed E-state index contributed by atoms with van der Waals surface area (Å²) in [6.07, 6.45) is 5.58. The fraction of sp³-hybridized carbons (Fsp3) is 0.667. The third kappa shape index (κ3) is 5.10. The number of carbonyl (C=O) groups is 2. The van der Waals surface area contributed by atoms with Gasteiger partial charge in [0.2, 0.25) is 10.0 Å². The van der Waals surface area contributed by atoms with Crippen molar-refractivity contribution in [1.82, 2.24) is 4.31 Å². The van der Waals surface area contributed by atoms with E-state index in [4.69, 9.17) is 4.74 Å². The molecule has 0 aliphatic heterocycles. The quantitative estimate of drug-likeness (QED) is 0.528. The van der Waals surface area contributed by atoms with Crippen LogP contribution in [0, 0.1) is 17.3 Å². The zero-order valence-electron chi connectivity index (χ0n) is 19.4. The summed E-state index contributed by atoms with van der Waals surface area (Å²) < 4.78 is 32.0. The molecule has 2 unspecified atom stereocenters. The minimum Gasteiger partial charge on any atom is -0.456 e. The lowest BCUT2D eigenvalue weighted by Crippen LogP contribution is -2.56. The number of nitrogens with one attached hydrogen (secondary N) is 1. The minimum atomic E-state index is -3.64. The van der Waals surface area contributed by atoms with Gasteiger partial charge in [-0.1, -0.05) is 19.9 Å². The minimum absolute atomic E-state index is 0.0979. The lowest BCUT2D eigenvalue weighted by molar-refractivity contribution is -0.177. The molecule has 4 aliphatic rings. The largest absolute Gasteiger partial charge is 0.456 e. The van der Waals surface area contributed by atoms with Crippen LogP contribution in [0.3, 0.4) is 0 Å². The van der Waals surface area contributed by atoms with Crippen LogP contribution in [0.5, 0.6) is 0 Å². The molecule has 0 aromatic heterocycles. The number of carbonyl (C=O) groups excluding carboxylic acids is 2. The molecule has 4 aliphatic carbocycles. The Morgan fingerprint density at radius 2 is 1.82 bits per heavy atom. The Morgan fingerprint density at radius 1 is 1.15 bits per heavy atom. The summed E-state index contributed by atoms with van der Waals surface area (Å²) in [5.41, 5.74) is -0.523. The van der Waals surface area contributed by atoms with Gasteiger partial charge in [-0.3, -0.25) is 9.59 Å². The maximum absolute atomic E-state index is 12.7. The first-order valence-corrected chi connectivity index (χ1v) is 13.3. The number of benzene rings is 1. The van der Waals surface area contributed by atoms with Crippen molar-refractivity contribution in [2.75, 3.05) is 25.0 Å². The molecule has 0 radical (unpaired) electrons. The van der Waals surface area contributed by atoms with E-state index in [0.717, 1.165) is 32.1 Å². The number of ether oxygens (including phenoxy) is 1. The number of nitrogens with zero attached hydrogens (tertiary/aromatic N) is 1. The highest BCUT2D eigenvalue weighted by Gasteiger charge is 2.57. The summed E-state index contributed by atoms with van der Waals surface area (Å²) >= 11 is 0. The van der Waals surface area contributed by atoms with Crippen LogP contribution in [0.1, 0.15) is 58.8 Å². The number of esters is 1. The molecule has 8 nitrogen and oxygen atoms in total. The van der Waals surface area contributed by atoms with E-state index in [2.05, 4.69) is 5.32 Å². The summed E-state index contributed by atoms with van der Waals surface area (Å²) in [6, 6.07) is 6.05. The summed E-state index contributed by atoms with van der Waals surface area (Å²) in [4.78, 5) is 25.0. The highest BCUT2D eigenvalue weighted by molar-refractivity contribution is 7.89. The van der Waals surface area contributed by atoms with Crippen LogP contribution < -0.4 is 5.32 Å². The predicted molar refractivity (Wildman–Crippen MR) is 123 cm³/mol. The van der Waals surface area contributed by atoms with E-state index in [1.807, 2.05) is 0 Å². The van der Waals surface area contributed by atoms with E-state index in [1.165, 1.54) is 16.4 Å². The van der Waals surface area contributed by atoms with Crippen LogP contribution in [-0.2, 0) is 24.3 Å². The van der Waals surface area contributed by atoms with Crippen molar-refractivity contribution in [1.29, 1.82) is 0 Å². The van der Waals surface area contributed by atoms with Crippen molar-refractivity contribution in [2.24, 2.45) is 17.3 Å². The molecule has 182 valence electrons. The van der Waals surface area contributed by atoms with Crippen molar-refractivity contribution in [2.45, 2.75) is 69.3 Å². The average Bonchev–Trinajstić information content (AvgIpc) is 2.71. The summed E-state index contributed by atoms with van der Waals surface area (Å²) in [5.74, 6) is 0.0120. The number of rotatable bonds is 9. The number of aliphatic hydroxyl groups is 1. The Morgan fingerprint density at radius 3 is 2.42 bits per heavy atom. The van der Waals surface area contributed by atoms with E-state index < -0.39 is 34.1 Å². The van der Waals surface area contributed by atoms with Crippen molar-refractivity contribution in [3.63, 3.8) is 0 Å². The average molecular weight is 479 g/mol. The van der Waals surface area contributed by atoms with E-state index >= 15 is 0 Å². The van der Waals surface area contributed by atoms with E-state index in [9.17, 15) is 23.1 Å². The Labute approximate surface area is 195 Å². The molecule has 9 heteroatoms. The van der Waals surface area contributed by atoms with Gasteiger partial charge in [-0.2, -0.15) is 4.31 Å². The van der Waals surface area contributed by atoms with Gasteiger partial charge in [-0.15, -0.1) is 0 Å². The van der Waals surface area contributed by atoms with Gasteiger partial charge in [-0.25, -0.2) is 8.42 Å². The smallest absolute Gasteiger partial charge is 0.306 e. The monoisotopic (exact) mass is 478 g/mol. The maximum atomic E-state index is 12.7. The van der Waals surface area contributed by atoms with E-state index in [1.54, 1.807) is 26.0 Å². The van der Waals surface area contributed by atoms with Gasteiger partial charge in [0, 0.05) is 18.8 Å². The number of hydrogen-bond acceptors (Lipinski definition) is 6. The molecule has 33 heavy (non-hydrogen) atoms. The summed E-state index contributed by atoms with van der Waals surface area (Å²) in [7, 11) is -3.64. The van der Waals surface area contributed by atoms with Crippen LogP contribution in [-0.4, -0.2) is 55.0 Å². The van der Waals surface area contributed by atoms with E-state index in [0.29, 0.717) is 37.0 Å². The van der Waals surface area contributed by atoms with Crippen LogP contribution in [0.4, 0.5) is 5.69 Å². The SMILES string of the molecule is CCN(CC)S(=O)(=O)c1cccc(NC(=O)COC(=O)CC23CC4CC(CC(O)(C4)C2)C3)c1. The fourth-order valence-corrected chi connectivity index (χ4v) is 8.26. The first-order chi connectivity index (χ1) is 15.6. The molecule has 5 rings (SSSR count). The molecule has 4 bridgehead atoms. The first-order valence-electron chi connectivity index (χ1n) is 11.8. The number of anilines is 1. The van der Waals surface area contributed by atoms with Crippen molar-refractivity contribution in [3.05, 3.63) is 24.3 Å². The third-order valence-corrected chi connectivity index (χ3v) is 9.54. The van der Waals surface area contributed by atoms with Crippen LogP contribution in [0.15, 0.2) is 29.2 Å². The van der Waals surface area contributed by atoms with Crippen LogP contribution in [0.2, 0.25) is 0 Å². The molecular weight excluding hydrogens is 444 g/mol. The summed E-state index contributed by atoms with van der Waals surface area (Å²) in [6.45, 7) is 3.81. The maximum Gasteiger partial charge on any atom is 0.306 e. The second-order valence-corrected chi connectivity index (χ2v) is 12.1. The molecule has 1 aromatic carbocycles. The zero-order chi connectivity index (χ0) is 23.9. The lowest BCUT2D eigenvalue weighted by atomic mass is 9.47. The molecule has 0 saturated heterocycles. The molecule has 1 aromatic rings. The Balaban J connectivity index is 1.32. The number of sulfonamides is 1. The van der Waals surface area contributed by atoms with Gasteiger partial charge in [0.1, 0.15) is 0 Å². The third-order valence-electron chi connectivity index (χ3n) is 7.50. The second kappa shape index (κ2) is 9.00. The number of hydrogen-bond donors (Lipinski definition) is 2. The van der Waals surface area contributed by atoms with Gasteiger partial charge in [-0.05, 0) is 74.0 Å².